The molecule has 1 fully saturated rings. The monoisotopic (exact) mass is 428 g/mol. The first kappa shape index (κ1) is 20.6. The Bertz CT molecular complexity index is 1170. The van der Waals surface area contributed by atoms with Crippen LogP contribution in [-0.4, -0.2) is 34.2 Å². The van der Waals surface area contributed by atoms with Gasteiger partial charge in [-0.3, -0.25) is 9.40 Å². The van der Waals surface area contributed by atoms with Gasteiger partial charge < -0.3 is 5.32 Å². The molecule has 9 heteroatoms. The van der Waals surface area contributed by atoms with Gasteiger partial charge in [-0.25, -0.2) is 18.4 Å². The Hall–Kier alpha value is -2.68. The number of sulfonamides is 1. The summed E-state index contributed by atoms with van der Waals surface area (Å²) in [6.07, 6.45) is 5.94. The number of para-hydroxylation sites is 2. The van der Waals surface area contributed by atoms with E-state index in [1.165, 1.54) is 23.5 Å². The van der Waals surface area contributed by atoms with Gasteiger partial charge in [0.25, 0.3) is 10.0 Å². The molecule has 0 radical (unpaired) electrons. The molecule has 0 saturated heterocycles. The lowest BCUT2D eigenvalue weighted by Crippen LogP contribution is -2.36. The van der Waals surface area contributed by atoms with E-state index in [1.54, 1.807) is 7.05 Å². The second-order valence-corrected chi connectivity index (χ2v) is 10.8. The Morgan fingerprint density at radius 3 is 2.37 bits per heavy atom. The Labute approximate surface area is 177 Å². The number of hydrogen-bond acceptors (Lipinski definition) is 6. The Kier molecular flexibility index (Phi) is 5.17. The first-order valence-corrected chi connectivity index (χ1v) is 11.6. The predicted octanol–water partition coefficient (Wildman–Crippen LogP) is 3.79. The Morgan fingerprint density at radius 1 is 1.10 bits per heavy atom. The molecule has 0 bridgehead atoms. The van der Waals surface area contributed by atoms with Crippen LogP contribution in [0.2, 0.25) is 0 Å². The van der Waals surface area contributed by atoms with Crippen LogP contribution in [0.5, 0.6) is 0 Å². The van der Waals surface area contributed by atoms with Crippen LogP contribution in [0.25, 0.3) is 11.0 Å². The Morgan fingerprint density at radius 2 is 1.77 bits per heavy atom. The predicted molar refractivity (Wildman–Crippen MR) is 118 cm³/mol. The van der Waals surface area contributed by atoms with Crippen molar-refractivity contribution in [2.45, 2.75) is 51.0 Å². The molecule has 1 aliphatic carbocycles. The van der Waals surface area contributed by atoms with Gasteiger partial charge in [0, 0.05) is 19.3 Å². The number of fused-ring (bicyclic) bond motifs is 1. The van der Waals surface area contributed by atoms with Crippen LogP contribution in [0, 0.1) is 11.3 Å². The minimum absolute atomic E-state index is 0.0818. The topological polar surface area (TPSA) is 102 Å². The summed E-state index contributed by atoms with van der Waals surface area (Å²) in [5.41, 5.74) is 1.56. The summed E-state index contributed by atoms with van der Waals surface area (Å²) in [4.78, 5) is 9.36. The molecule has 0 aliphatic heterocycles. The van der Waals surface area contributed by atoms with E-state index in [-0.39, 0.29) is 22.2 Å². The van der Waals surface area contributed by atoms with Crippen molar-refractivity contribution in [2.75, 3.05) is 10.0 Å². The van der Waals surface area contributed by atoms with E-state index in [2.05, 4.69) is 40.9 Å². The van der Waals surface area contributed by atoms with Gasteiger partial charge in [0.05, 0.1) is 17.2 Å². The second-order valence-electron chi connectivity index (χ2n) is 9.12. The van der Waals surface area contributed by atoms with Crippen molar-refractivity contribution >= 4 is 32.7 Å². The van der Waals surface area contributed by atoms with Gasteiger partial charge in [-0.15, -0.1) is 0 Å². The summed E-state index contributed by atoms with van der Waals surface area (Å²) in [7, 11) is -2.16. The van der Waals surface area contributed by atoms with Gasteiger partial charge in [-0.05, 0) is 42.7 Å². The lowest BCUT2D eigenvalue weighted by Gasteiger charge is -2.39. The van der Waals surface area contributed by atoms with Gasteiger partial charge >= 0.3 is 0 Å². The number of aromatic nitrogens is 4. The number of rotatable bonds is 5. The molecule has 2 unspecified atom stereocenters. The molecule has 0 spiro atoms. The van der Waals surface area contributed by atoms with Crippen LogP contribution in [-0.2, 0) is 17.1 Å². The summed E-state index contributed by atoms with van der Waals surface area (Å²) in [5, 5.41) is 7.45. The van der Waals surface area contributed by atoms with E-state index in [0.29, 0.717) is 22.8 Å². The SMILES string of the molecule is CC1CC(Nc2nc3ccccc3nc2NS(=O)(=O)c2cnn(C)c2)CC(C)(C)C1. The zero-order valence-electron chi connectivity index (χ0n) is 17.8. The number of aryl methyl sites for hydroxylation is 1. The molecule has 160 valence electrons. The molecule has 2 heterocycles. The highest BCUT2D eigenvalue weighted by atomic mass is 32.2. The molecule has 3 aromatic rings. The summed E-state index contributed by atoms with van der Waals surface area (Å²) in [5.74, 6) is 1.24. The van der Waals surface area contributed by atoms with Crippen LogP contribution >= 0.6 is 0 Å². The number of nitrogens with one attached hydrogen (secondary N) is 2. The lowest BCUT2D eigenvalue weighted by atomic mass is 9.70. The molecule has 2 atom stereocenters. The molecule has 1 saturated carbocycles. The zero-order chi connectivity index (χ0) is 21.5. The van der Waals surface area contributed by atoms with Crippen molar-refractivity contribution in [3.05, 3.63) is 36.7 Å². The number of nitrogens with zero attached hydrogens (tertiary/aromatic N) is 4. The van der Waals surface area contributed by atoms with Crippen LogP contribution in [0.3, 0.4) is 0 Å². The summed E-state index contributed by atoms with van der Waals surface area (Å²) in [6.45, 7) is 6.80. The highest BCUT2D eigenvalue weighted by Gasteiger charge is 2.33. The third-order valence-corrected chi connectivity index (χ3v) is 6.81. The Balaban J connectivity index is 1.71. The molecule has 0 amide bonds. The quantitative estimate of drug-likeness (QED) is 0.641. The second kappa shape index (κ2) is 7.54. The number of benzene rings is 1. The van der Waals surface area contributed by atoms with Gasteiger partial charge in [-0.1, -0.05) is 32.9 Å². The third-order valence-electron chi connectivity index (χ3n) is 5.52. The highest BCUT2D eigenvalue weighted by molar-refractivity contribution is 7.92. The fourth-order valence-corrected chi connectivity index (χ4v) is 5.54. The third kappa shape index (κ3) is 4.40. The number of hydrogen-bond donors (Lipinski definition) is 2. The molecule has 2 aromatic heterocycles. The average Bonchev–Trinajstić information content (AvgIpc) is 3.07. The van der Waals surface area contributed by atoms with Gasteiger partial charge in [0.2, 0.25) is 0 Å². The minimum atomic E-state index is -3.83. The van der Waals surface area contributed by atoms with Gasteiger partial charge in [0.1, 0.15) is 4.90 Å². The van der Waals surface area contributed by atoms with E-state index in [1.807, 2.05) is 24.3 Å². The maximum atomic E-state index is 12.9. The fraction of sp³-hybridized carbons (Fsp3) is 0.476. The largest absolute Gasteiger partial charge is 0.364 e. The molecular formula is C21H28N6O2S. The molecule has 2 N–H and O–H groups in total. The summed E-state index contributed by atoms with van der Waals surface area (Å²) in [6, 6.07) is 7.64. The smallest absolute Gasteiger partial charge is 0.266 e. The normalized spacial score (nSPS) is 21.5. The van der Waals surface area contributed by atoms with Crippen molar-refractivity contribution in [3.8, 4) is 0 Å². The van der Waals surface area contributed by atoms with Crippen molar-refractivity contribution in [3.63, 3.8) is 0 Å². The minimum Gasteiger partial charge on any atom is -0.364 e. The first-order chi connectivity index (χ1) is 14.1. The molecule has 8 nitrogen and oxygen atoms in total. The van der Waals surface area contributed by atoms with Gasteiger partial charge in [0.15, 0.2) is 11.6 Å². The van der Waals surface area contributed by atoms with Crippen molar-refractivity contribution in [1.82, 2.24) is 19.7 Å². The summed E-state index contributed by atoms with van der Waals surface area (Å²) < 4.78 is 29.8. The van der Waals surface area contributed by atoms with E-state index >= 15 is 0 Å². The molecule has 4 rings (SSSR count). The van der Waals surface area contributed by atoms with Crippen molar-refractivity contribution in [1.29, 1.82) is 0 Å². The van der Waals surface area contributed by atoms with Crippen LogP contribution in [0.1, 0.15) is 40.0 Å². The highest BCUT2D eigenvalue weighted by Crippen LogP contribution is 2.40. The average molecular weight is 429 g/mol. The first-order valence-electron chi connectivity index (χ1n) is 10.2. The molecular weight excluding hydrogens is 400 g/mol. The van der Waals surface area contributed by atoms with Crippen LogP contribution in [0.15, 0.2) is 41.6 Å². The van der Waals surface area contributed by atoms with Crippen LogP contribution < -0.4 is 10.0 Å². The maximum absolute atomic E-state index is 12.9. The standard InChI is InChI=1S/C21H28N6O2S/c1-14-9-15(11-21(2,3)10-14)23-19-20(25-18-8-6-5-7-17(18)24-19)26-30(28,29)16-12-22-27(4)13-16/h5-8,12-15H,9-11H2,1-4H3,(H,23,24)(H,25,26). The molecule has 1 aromatic carbocycles. The maximum Gasteiger partial charge on any atom is 0.266 e. The van der Waals surface area contributed by atoms with Crippen molar-refractivity contribution in [2.24, 2.45) is 18.4 Å². The van der Waals surface area contributed by atoms with Crippen LogP contribution in [0.4, 0.5) is 11.6 Å². The van der Waals surface area contributed by atoms with E-state index < -0.39 is 10.0 Å². The fourth-order valence-electron chi connectivity index (χ4n) is 4.54. The lowest BCUT2D eigenvalue weighted by molar-refractivity contribution is 0.178. The van der Waals surface area contributed by atoms with Crippen molar-refractivity contribution < 1.29 is 8.42 Å². The van der Waals surface area contributed by atoms with E-state index in [0.717, 1.165) is 12.8 Å². The number of anilines is 2. The summed E-state index contributed by atoms with van der Waals surface area (Å²) >= 11 is 0. The molecule has 1 aliphatic rings. The van der Waals surface area contributed by atoms with Gasteiger partial charge in [-0.2, -0.15) is 5.10 Å². The van der Waals surface area contributed by atoms with E-state index in [9.17, 15) is 8.42 Å². The molecule has 30 heavy (non-hydrogen) atoms. The van der Waals surface area contributed by atoms with E-state index in [4.69, 9.17) is 4.98 Å². The zero-order valence-corrected chi connectivity index (χ0v) is 18.6.